The minimum atomic E-state index is -0.0824. The van der Waals surface area contributed by atoms with Crippen LogP contribution in [0.2, 0.25) is 0 Å². The normalized spacial score (nSPS) is 16.6. The maximum atomic E-state index is 2.47. The minimum Gasteiger partial charge on any atom is -0.0622 e. The van der Waals surface area contributed by atoms with E-state index in [-0.39, 0.29) is 17.3 Å². The molecule has 53 heavy (non-hydrogen) atoms. The summed E-state index contributed by atoms with van der Waals surface area (Å²) in [6.07, 6.45) is 0. The van der Waals surface area contributed by atoms with Crippen molar-refractivity contribution in [3.05, 3.63) is 226 Å². The van der Waals surface area contributed by atoms with Gasteiger partial charge in [0.05, 0.1) is 0 Å². The quantitative estimate of drug-likeness (QED) is 0.174. The van der Waals surface area contributed by atoms with Crippen LogP contribution >= 0.6 is 0 Å². The first-order chi connectivity index (χ1) is 26.1. The molecule has 0 radical (unpaired) electrons. The molecule has 250 valence electrons. The van der Waals surface area contributed by atoms with Gasteiger partial charge in [0.1, 0.15) is 0 Å². The molecule has 0 nitrogen and oxygen atoms in total. The Kier molecular flexibility index (Phi) is 6.53. The molecule has 11 rings (SSSR count). The number of hydrogen-bond acceptors (Lipinski definition) is 0. The van der Waals surface area contributed by atoms with Gasteiger partial charge in [0.15, 0.2) is 0 Å². The van der Waals surface area contributed by atoms with Crippen LogP contribution < -0.4 is 0 Å². The summed E-state index contributed by atoms with van der Waals surface area (Å²) in [6, 6.07) is 68.3. The fourth-order valence-electron chi connectivity index (χ4n) is 10.1. The lowest BCUT2D eigenvalue weighted by atomic mass is 9.76. The summed E-state index contributed by atoms with van der Waals surface area (Å²) in [5, 5.41) is 0. The molecule has 8 aromatic carbocycles. The van der Waals surface area contributed by atoms with Gasteiger partial charge in [0.25, 0.3) is 0 Å². The molecular formula is C53H38. The van der Waals surface area contributed by atoms with Crippen LogP contribution in [-0.4, -0.2) is 0 Å². The zero-order valence-corrected chi connectivity index (χ0v) is 30.0. The van der Waals surface area contributed by atoms with Crippen molar-refractivity contribution in [1.82, 2.24) is 0 Å². The van der Waals surface area contributed by atoms with Crippen LogP contribution in [0.5, 0.6) is 0 Å². The number of benzene rings is 8. The van der Waals surface area contributed by atoms with Gasteiger partial charge in [-0.15, -0.1) is 0 Å². The summed E-state index contributed by atoms with van der Waals surface area (Å²) in [4.78, 5) is 0. The summed E-state index contributed by atoms with van der Waals surface area (Å²) in [5.41, 5.74) is 24.4. The maximum Gasteiger partial charge on any atom is 0.0355 e. The summed E-state index contributed by atoms with van der Waals surface area (Å²) < 4.78 is 0. The van der Waals surface area contributed by atoms with E-state index in [1.165, 1.54) is 100 Å². The first-order valence-electron chi connectivity index (χ1n) is 18.9. The molecule has 0 aliphatic heterocycles. The fourth-order valence-corrected chi connectivity index (χ4v) is 10.1. The Hall–Kier alpha value is -6.24. The zero-order chi connectivity index (χ0) is 35.3. The lowest BCUT2D eigenvalue weighted by Gasteiger charge is -2.27. The van der Waals surface area contributed by atoms with E-state index in [0.29, 0.717) is 0 Å². The van der Waals surface area contributed by atoms with Gasteiger partial charge in [0, 0.05) is 17.3 Å². The summed E-state index contributed by atoms with van der Waals surface area (Å²) >= 11 is 0. The molecule has 0 amide bonds. The van der Waals surface area contributed by atoms with Crippen LogP contribution in [0.15, 0.2) is 182 Å². The largest absolute Gasteiger partial charge is 0.0622 e. The number of rotatable bonds is 4. The van der Waals surface area contributed by atoms with E-state index in [2.05, 4.69) is 196 Å². The third-order valence-electron chi connectivity index (χ3n) is 12.4. The van der Waals surface area contributed by atoms with Crippen LogP contribution in [0.3, 0.4) is 0 Å². The van der Waals surface area contributed by atoms with Crippen LogP contribution in [0.1, 0.15) is 70.2 Å². The predicted molar refractivity (Wildman–Crippen MR) is 221 cm³/mol. The van der Waals surface area contributed by atoms with Crippen molar-refractivity contribution in [3.8, 4) is 55.6 Å². The van der Waals surface area contributed by atoms with Gasteiger partial charge in [-0.25, -0.2) is 0 Å². The van der Waals surface area contributed by atoms with E-state index in [1.54, 1.807) is 0 Å². The second-order valence-electron chi connectivity index (χ2n) is 15.6. The Morgan fingerprint density at radius 2 is 0.849 bits per heavy atom. The Morgan fingerprint density at radius 1 is 0.340 bits per heavy atom. The Bertz CT molecular complexity index is 2730. The molecule has 0 bridgehead atoms. The van der Waals surface area contributed by atoms with Crippen LogP contribution in [0.4, 0.5) is 0 Å². The first kappa shape index (κ1) is 30.4. The van der Waals surface area contributed by atoms with E-state index in [9.17, 15) is 0 Å². The number of hydrogen-bond donors (Lipinski definition) is 0. The topological polar surface area (TPSA) is 0 Å². The molecule has 2 atom stereocenters. The van der Waals surface area contributed by atoms with Crippen molar-refractivity contribution in [2.45, 2.75) is 31.1 Å². The highest BCUT2D eigenvalue weighted by atomic mass is 14.5. The fraction of sp³-hybridized carbons (Fsp3) is 0.0943. The van der Waals surface area contributed by atoms with Crippen molar-refractivity contribution in [1.29, 1.82) is 0 Å². The smallest absolute Gasteiger partial charge is 0.0355 e. The minimum absolute atomic E-state index is 0.0824. The molecule has 0 heteroatoms. The highest BCUT2D eigenvalue weighted by Gasteiger charge is 2.43. The van der Waals surface area contributed by atoms with Gasteiger partial charge in [-0.3, -0.25) is 0 Å². The van der Waals surface area contributed by atoms with Gasteiger partial charge in [0.2, 0.25) is 0 Å². The highest BCUT2D eigenvalue weighted by molar-refractivity contribution is 5.93. The first-order valence-corrected chi connectivity index (χ1v) is 18.9. The van der Waals surface area contributed by atoms with Crippen LogP contribution in [0.25, 0.3) is 55.6 Å². The molecule has 2 unspecified atom stereocenters. The van der Waals surface area contributed by atoms with Crippen LogP contribution in [0, 0.1) is 0 Å². The average molecular weight is 675 g/mol. The molecule has 0 saturated carbocycles. The van der Waals surface area contributed by atoms with E-state index in [1.807, 2.05) is 0 Å². The van der Waals surface area contributed by atoms with Crippen molar-refractivity contribution < 1.29 is 0 Å². The molecule has 0 fully saturated rings. The third-order valence-corrected chi connectivity index (χ3v) is 12.4. The summed E-state index contributed by atoms with van der Waals surface area (Å²) in [7, 11) is 0. The van der Waals surface area contributed by atoms with Crippen molar-refractivity contribution >= 4 is 0 Å². The van der Waals surface area contributed by atoms with E-state index in [4.69, 9.17) is 0 Å². The summed E-state index contributed by atoms with van der Waals surface area (Å²) in [6.45, 7) is 4.84. The molecule has 0 saturated heterocycles. The molecular weight excluding hydrogens is 637 g/mol. The molecule has 0 heterocycles. The van der Waals surface area contributed by atoms with Crippen molar-refractivity contribution in [3.63, 3.8) is 0 Å². The van der Waals surface area contributed by atoms with E-state index >= 15 is 0 Å². The second kappa shape index (κ2) is 11.4. The Labute approximate surface area is 312 Å². The highest BCUT2D eigenvalue weighted by Crippen LogP contribution is 2.59. The third kappa shape index (κ3) is 4.42. The second-order valence-corrected chi connectivity index (χ2v) is 15.6. The maximum absolute atomic E-state index is 2.47. The average Bonchev–Trinajstić information content (AvgIpc) is 3.81. The van der Waals surface area contributed by atoms with Crippen LogP contribution in [-0.2, 0) is 5.41 Å². The van der Waals surface area contributed by atoms with Crippen molar-refractivity contribution in [2.75, 3.05) is 0 Å². The van der Waals surface area contributed by atoms with E-state index < -0.39 is 0 Å². The van der Waals surface area contributed by atoms with E-state index in [0.717, 1.165) is 0 Å². The standard InChI is InChI=1S/C53H38/c1-53(2)48-20-12-11-18-40(48)45-30-29-44-47-32-38(26-28-43(47)50(51(44)52(45)53)35-15-7-4-8-16-35)37-25-27-42-46(31-37)39-17-9-10-19-41(39)49(42)36-23-21-34(22-24-36)33-13-5-3-6-14-33/h3-32,49-50H,1-2H3. The molecule has 0 aromatic heterocycles. The lowest BCUT2D eigenvalue weighted by molar-refractivity contribution is 0.650. The van der Waals surface area contributed by atoms with Gasteiger partial charge >= 0.3 is 0 Å². The Balaban J connectivity index is 1.04. The van der Waals surface area contributed by atoms with Gasteiger partial charge in [-0.05, 0) is 112 Å². The number of fused-ring (bicyclic) bond motifs is 10. The molecule has 3 aliphatic rings. The zero-order valence-electron chi connectivity index (χ0n) is 30.0. The predicted octanol–water partition coefficient (Wildman–Crippen LogP) is 13.6. The SMILES string of the molecule is CC1(C)c2ccccc2-c2ccc3c(c21)C(c1ccccc1)c1ccc(-c2ccc4c(c2)-c2ccccc2C4c2ccc(-c4ccccc4)cc2)cc1-3. The molecule has 0 N–H and O–H groups in total. The molecule has 8 aromatic rings. The Morgan fingerprint density at radius 3 is 1.58 bits per heavy atom. The molecule has 0 spiro atoms. The summed E-state index contributed by atoms with van der Waals surface area (Å²) in [5.74, 6) is 0.410. The molecule has 3 aliphatic carbocycles. The van der Waals surface area contributed by atoms with Gasteiger partial charge in [-0.2, -0.15) is 0 Å². The lowest BCUT2D eigenvalue weighted by Crippen LogP contribution is -2.18. The van der Waals surface area contributed by atoms with Gasteiger partial charge < -0.3 is 0 Å². The monoisotopic (exact) mass is 674 g/mol. The van der Waals surface area contributed by atoms with Gasteiger partial charge in [-0.1, -0.05) is 184 Å². The van der Waals surface area contributed by atoms with Crippen molar-refractivity contribution in [2.24, 2.45) is 0 Å².